The van der Waals surface area contributed by atoms with Crippen LogP contribution in [0.2, 0.25) is 5.02 Å². The normalized spacial score (nSPS) is 16.4. The summed E-state index contributed by atoms with van der Waals surface area (Å²) in [6, 6.07) is 11.2. The van der Waals surface area contributed by atoms with Gasteiger partial charge in [0, 0.05) is 37.1 Å². The molecule has 1 aromatic carbocycles. The summed E-state index contributed by atoms with van der Waals surface area (Å²) in [6.45, 7) is 3.30. The molecule has 2 heterocycles. The Hall–Kier alpha value is -1.95. The van der Waals surface area contributed by atoms with Gasteiger partial charge < -0.3 is 10.1 Å². The van der Waals surface area contributed by atoms with E-state index in [2.05, 4.69) is 15.2 Å². The third-order valence-electron chi connectivity index (χ3n) is 4.31. The fraction of sp³-hybridized carbons (Fsp3) is 0.368. The van der Waals surface area contributed by atoms with Crippen LogP contribution in [0.15, 0.2) is 48.8 Å². The standard InChI is InChI=1S/C19H22ClN3O2/c20-17-6-2-1-4-15(17)7-9-22-19(24)18(16-5-3-8-21-14-16)23-10-12-25-13-11-23/h1-6,8,14,18H,7,9-13H2,(H,22,24)/t18-/m0/s1. The SMILES string of the molecule is O=C(NCCc1ccccc1Cl)[C@H](c1cccnc1)N1CCOCC1. The molecule has 1 fully saturated rings. The highest BCUT2D eigenvalue weighted by Gasteiger charge is 2.28. The molecule has 0 saturated carbocycles. The number of carbonyl (C=O) groups excluding carboxylic acids is 1. The zero-order valence-electron chi connectivity index (χ0n) is 14.0. The number of hydrogen-bond donors (Lipinski definition) is 1. The molecule has 0 spiro atoms. The van der Waals surface area contributed by atoms with Crippen LogP contribution in [0.25, 0.3) is 0 Å². The summed E-state index contributed by atoms with van der Waals surface area (Å²) in [5, 5.41) is 3.78. The zero-order valence-corrected chi connectivity index (χ0v) is 14.8. The molecular weight excluding hydrogens is 338 g/mol. The number of carbonyl (C=O) groups is 1. The van der Waals surface area contributed by atoms with Gasteiger partial charge in [0.15, 0.2) is 0 Å². The predicted molar refractivity (Wildman–Crippen MR) is 97.5 cm³/mol. The summed E-state index contributed by atoms with van der Waals surface area (Å²) in [5.74, 6) is -0.0121. The first-order chi connectivity index (χ1) is 12.3. The van der Waals surface area contributed by atoms with Crippen molar-refractivity contribution in [1.29, 1.82) is 0 Å². The van der Waals surface area contributed by atoms with Gasteiger partial charge in [-0.1, -0.05) is 35.9 Å². The van der Waals surface area contributed by atoms with Crippen molar-refractivity contribution < 1.29 is 9.53 Å². The second-order valence-electron chi connectivity index (χ2n) is 5.97. The van der Waals surface area contributed by atoms with E-state index in [0.717, 1.165) is 29.2 Å². The van der Waals surface area contributed by atoms with Crippen molar-refractivity contribution in [3.05, 3.63) is 64.9 Å². The second kappa shape index (κ2) is 8.94. The Labute approximate surface area is 153 Å². The van der Waals surface area contributed by atoms with Crippen LogP contribution in [-0.4, -0.2) is 48.6 Å². The van der Waals surface area contributed by atoms with Crippen LogP contribution >= 0.6 is 11.6 Å². The smallest absolute Gasteiger partial charge is 0.242 e. The highest BCUT2D eigenvalue weighted by molar-refractivity contribution is 6.31. The Morgan fingerprint density at radius 2 is 2.04 bits per heavy atom. The average Bonchev–Trinajstić information content (AvgIpc) is 2.65. The Kier molecular flexibility index (Phi) is 6.39. The van der Waals surface area contributed by atoms with Crippen molar-refractivity contribution in [2.24, 2.45) is 0 Å². The molecule has 132 valence electrons. The molecule has 0 bridgehead atoms. The van der Waals surface area contributed by atoms with Crippen molar-refractivity contribution in [2.75, 3.05) is 32.8 Å². The van der Waals surface area contributed by atoms with Gasteiger partial charge in [-0.3, -0.25) is 14.7 Å². The minimum absolute atomic E-state index is 0.0121. The lowest BCUT2D eigenvalue weighted by Crippen LogP contribution is -2.46. The van der Waals surface area contributed by atoms with Gasteiger partial charge in [-0.25, -0.2) is 0 Å². The minimum atomic E-state index is -0.344. The summed E-state index contributed by atoms with van der Waals surface area (Å²) in [5.41, 5.74) is 1.94. The Balaban J connectivity index is 1.65. The summed E-state index contributed by atoms with van der Waals surface area (Å²) < 4.78 is 5.41. The van der Waals surface area contributed by atoms with Crippen molar-refractivity contribution >= 4 is 17.5 Å². The molecule has 0 unspecified atom stereocenters. The molecule has 6 heteroatoms. The lowest BCUT2D eigenvalue weighted by Gasteiger charge is -2.33. The fourth-order valence-corrected chi connectivity index (χ4v) is 3.25. The number of amides is 1. The summed E-state index contributed by atoms with van der Waals surface area (Å²) in [7, 11) is 0. The number of benzene rings is 1. The number of aromatic nitrogens is 1. The quantitative estimate of drug-likeness (QED) is 0.860. The summed E-state index contributed by atoms with van der Waals surface area (Å²) in [6.07, 6.45) is 4.18. The maximum Gasteiger partial charge on any atom is 0.242 e. The van der Waals surface area contributed by atoms with Crippen molar-refractivity contribution in [1.82, 2.24) is 15.2 Å². The largest absolute Gasteiger partial charge is 0.379 e. The van der Waals surface area contributed by atoms with E-state index >= 15 is 0 Å². The fourth-order valence-electron chi connectivity index (χ4n) is 3.02. The number of nitrogens with one attached hydrogen (secondary N) is 1. The van der Waals surface area contributed by atoms with Gasteiger partial charge >= 0.3 is 0 Å². The highest BCUT2D eigenvalue weighted by Crippen LogP contribution is 2.21. The third-order valence-corrected chi connectivity index (χ3v) is 4.68. The van der Waals surface area contributed by atoms with Crippen molar-refractivity contribution in [2.45, 2.75) is 12.5 Å². The van der Waals surface area contributed by atoms with Gasteiger partial charge in [0.2, 0.25) is 5.91 Å². The molecule has 3 rings (SSSR count). The monoisotopic (exact) mass is 359 g/mol. The van der Waals surface area contributed by atoms with Crippen LogP contribution in [0.4, 0.5) is 0 Å². The van der Waals surface area contributed by atoms with Crippen molar-refractivity contribution in [3.63, 3.8) is 0 Å². The van der Waals surface area contributed by atoms with E-state index < -0.39 is 0 Å². The number of nitrogens with zero attached hydrogens (tertiary/aromatic N) is 2. The number of rotatable bonds is 6. The van der Waals surface area contributed by atoms with E-state index in [-0.39, 0.29) is 11.9 Å². The van der Waals surface area contributed by atoms with Crippen LogP contribution in [-0.2, 0) is 16.0 Å². The van der Waals surface area contributed by atoms with Crippen LogP contribution in [0.1, 0.15) is 17.2 Å². The van der Waals surface area contributed by atoms with Gasteiger partial charge in [0.1, 0.15) is 6.04 Å². The molecule has 1 aromatic heterocycles. The van der Waals surface area contributed by atoms with Gasteiger partial charge in [-0.15, -0.1) is 0 Å². The molecule has 1 amide bonds. The number of hydrogen-bond acceptors (Lipinski definition) is 4. The lowest BCUT2D eigenvalue weighted by atomic mass is 10.1. The summed E-state index contributed by atoms with van der Waals surface area (Å²) in [4.78, 5) is 19.2. The van der Waals surface area contributed by atoms with E-state index in [9.17, 15) is 4.79 Å². The average molecular weight is 360 g/mol. The number of morpholine rings is 1. The predicted octanol–water partition coefficient (Wildman–Crippen LogP) is 2.47. The Morgan fingerprint density at radius 1 is 1.24 bits per heavy atom. The van der Waals surface area contributed by atoms with Crippen LogP contribution in [0.3, 0.4) is 0 Å². The molecule has 0 radical (unpaired) electrons. The number of ether oxygens (including phenoxy) is 1. The van der Waals surface area contributed by atoms with Gasteiger partial charge in [-0.2, -0.15) is 0 Å². The van der Waals surface area contributed by atoms with E-state index in [1.165, 1.54) is 0 Å². The lowest BCUT2D eigenvalue weighted by molar-refractivity contribution is -0.128. The molecule has 0 aliphatic carbocycles. The molecule has 1 N–H and O–H groups in total. The minimum Gasteiger partial charge on any atom is -0.379 e. The van der Waals surface area contributed by atoms with E-state index in [0.29, 0.717) is 26.2 Å². The topological polar surface area (TPSA) is 54.5 Å². The third kappa shape index (κ3) is 4.78. The Morgan fingerprint density at radius 3 is 2.76 bits per heavy atom. The van der Waals surface area contributed by atoms with Crippen LogP contribution in [0, 0.1) is 0 Å². The highest BCUT2D eigenvalue weighted by atomic mass is 35.5. The molecule has 1 atom stereocenters. The second-order valence-corrected chi connectivity index (χ2v) is 6.38. The first kappa shape index (κ1) is 17.9. The van der Waals surface area contributed by atoms with Gasteiger partial charge in [0.25, 0.3) is 0 Å². The van der Waals surface area contributed by atoms with Crippen LogP contribution in [0.5, 0.6) is 0 Å². The molecule has 2 aromatic rings. The van der Waals surface area contributed by atoms with Crippen LogP contribution < -0.4 is 5.32 Å². The maximum absolute atomic E-state index is 12.9. The van der Waals surface area contributed by atoms with Crippen molar-refractivity contribution in [3.8, 4) is 0 Å². The first-order valence-corrected chi connectivity index (χ1v) is 8.86. The Bertz CT molecular complexity index is 690. The maximum atomic E-state index is 12.9. The molecule has 1 aliphatic heterocycles. The first-order valence-electron chi connectivity index (χ1n) is 8.48. The molecular formula is C19H22ClN3O2. The molecule has 1 aliphatic rings. The van der Waals surface area contributed by atoms with E-state index in [1.54, 1.807) is 12.4 Å². The molecule has 25 heavy (non-hydrogen) atoms. The van der Waals surface area contributed by atoms with Gasteiger partial charge in [-0.05, 0) is 29.7 Å². The number of pyridine rings is 1. The van der Waals surface area contributed by atoms with E-state index in [4.69, 9.17) is 16.3 Å². The molecule has 1 saturated heterocycles. The molecule has 5 nitrogen and oxygen atoms in total. The number of halogens is 1. The van der Waals surface area contributed by atoms with E-state index in [1.807, 2.05) is 36.4 Å². The zero-order chi connectivity index (χ0) is 17.5. The van der Waals surface area contributed by atoms with Gasteiger partial charge in [0.05, 0.1) is 13.2 Å². The summed E-state index contributed by atoms with van der Waals surface area (Å²) >= 11 is 6.18.